The fourth-order valence-corrected chi connectivity index (χ4v) is 3.77. The number of rotatable bonds is 4. The SMILES string of the molecule is Cl.N[C@H](C1CCCCC1)C(O)(c1ccccc1)c1ccccc1. The molecule has 2 aromatic rings. The maximum Gasteiger partial charge on any atom is 0.130 e. The lowest BCUT2D eigenvalue weighted by atomic mass is 9.71. The Morgan fingerprint density at radius 1 is 0.826 bits per heavy atom. The summed E-state index contributed by atoms with van der Waals surface area (Å²) in [5.74, 6) is 0.374. The molecule has 2 aromatic carbocycles. The normalized spacial score (nSPS) is 17.3. The Bertz CT molecular complexity index is 542. The third-order valence-electron chi connectivity index (χ3n) is 5.07. The van der Waals surface area contributed by atoms with E-state index in [0.29, 0.717) is 5.92 Å². The standard InChI is InChI=1S/C20H25NO.ClH/c21-19(16-10-4-1-5-11-16)20(22,17-12-6-2-7-13-17)18-14-8-3-9-15-18;/h2-3,6-9,12-16,19,22H,1,4-5,10-11,21H2;1H/t19-;/m1./s1. The molecule has 0 unspecified atom stereocenters. The molecule has 3 N–H and O–H groups in total. The van der Waals surface area contributed by atoms with E-state index < -0.39 is 5.60 Å². The molecule has 1 aliphatic carbocycles. The second kappa shape index (κ2) is 7.96. The van der Waals surface area contributed by atoms with Crippen molar-refractivity contribution in [3.8, 4) is 0 Å². The molecule has 0 heterocycles. The van der Waals surface area contributed by atoms with E-state index in [1.54, 1.807) is 0 Å². The van der Waals surface area contributed by atoms with Gasteiger partial charge >= 0.3 is 0 Å². The molecule has 1 atom stereocenters. The summed E-state index contributed by atoms with van der Waals surface area (Å²) in [7, 11) is 0. The smallest absolute Gasteiger partial charge is 0.130 e. The van der Waals surface area contributed by atoms with Crippen molar-refractivity contribution >= 4 is 12.4 Å². The van der Waals surface area contributed by atoms with Crippen LogP contribution in [0.3, 0.4) is 0 Å². The highest BCUT2D eigenvalue weighted by Crippen LogP contribution is 2.39. The summed E-state index contributed by atoms with van der Waals surface area (Å²) in [6, 6.07) is 19.5. The fourth-order valence-electron chi connectivity index (χ4n) is 3.77. The number of aliphatic hydroxyl groups is 1. The molecule has 1 aliphatic rings. The highest BCUT2D eigenvalue weighted by atomic mass is 35.5. The van der Waals surface area contributed by atoms with Crippen molar-refractivity contribution in [2.45, 2.75) is 43.7 Å². The van der Waals surface area contributed by atoms with Gasteiger partial charge in [0.25, 0.3) is 0 Å². The molecule has 3 heteroatoms. The zero-order valence-corrected chi connectivity index (χ0v) is 14.2. The van der Waals surface area contributed by atoms with Crippen LogP contribution in [0.2, 0.25) is 0 Å². The van der Waals surface area contributed by atoms with E-state index in [1.165, 1.54) is 19.3 Å². The third kappa shape index (κ3) is 3.60. The largest absolute Gasteiger partial charge is 0.379 e. The molecule has 0 saturated heterocycles. The summed E-state index contributed by atoms with van der Waals surface area (Å²) in [5, 5.41) is 11.6. The van der Waals surface area contributed by atoms with Crippen molar-refractivity contribution in [2.75, 3.05) is 0 Å². The molecule has 1 saturated carbocycles. The van der Waals surface area contributed by atoms with Crippen LogP contribution in [0.15, 0.2) is 60.7 Å². The Morgan fingerprint density at radius 3 is 1.70 bits per heavy atom. The van der Waals surface area contributed by atoms with Crippen LogP contribution in [0.25, 0.3) is 0 Å². The predicted octanol–water partition coefficient (Wildman–Crippen LogP) is 4.25. The first-order chi connectivity index (χ1) is 10.7. The fraction of sp³-hybridized carbons (Fsp3) is 0.400. The van der Waals surface area contributed by atoms with E-state index in [1.807, 2.05) is 60.7 Å². The molecule has 3 rings (SSSR count). The molecule has 0 spiro atoms. The van der Waals surface area contributed by atoms with Crippen molar-refractivity contribution in [1.82, 2.24) is 0 Å². The average molecular weight is 332 g/mol. The van der Waals surface area contributed by atoms with Gasteiger partial charge in [-0.15, -0.1) is 12.4 Å². The van der Waals surface area contributed by atoms with Gasteiger partial charge in [-0.05, 0) is 29.9 Å². The quantitative estimate of drug-likeness (QED) is 0.879. The maximum absolute atomic E-state index is 11.6. The van der Waals surface area contributed by atoms with Crippen molar-refractivity contribution in [1.29, 1.82) is 0 Å². The number of halogens is 1. The van der Waals surface area contributed by atoms with E-state index in [2.05, 4.69) is 0 Å². The van der Waals surface area contributed by atoms with E-state index in [4.69, 9.17) is 5.73 Å². The van der Waals surface area contributed by atoms with Crippen molar-refractivity contribution in [3.05, 3.63) is 71.8 Å². The van der Waals surface area contributed by atoms with Gasteiger partial charge in [0.1, 0.15) is 5.60 Å². The highest BCUT2D eigenvalue weighted by Gasteiger charge is 2.42. The summed E-state index contributed by atoms with van der Waals surface area (Å²) in [6.07, 6.45) is 5.96. The second-order valence-electron chi connectivity index (χ2n) is 6.42. The molecule has 23 heavy (non-hydrogen) atoms. The summed E-state index contributed by atoms with van der Waals surface area (Å²) in [6.45, 7) is 0. The van der Waals surface area contributed by atoms with Crippen LogP contribution in [0.4, 0.5) is 0 Å². The number of hydrogen-bond acceptors (Lipinski definition) is 2. The molecular weight excluding hydrogens is 306 g/mol. The Kier molecular flexibility index (Phi) is 6.23. The van der Waals surface area contributed by atoms with Gasteiger partial charge in [-0.3, -0.25) is 0 Å². The van der Waals surface area contributed by atoms with Gasteiger partial charge in [0.15, 0.2) is 0 Å². The zero-order valence-electron chi connectivity index (χ0n) is 13.4. The topological polar surface area (TPSA) is 46.2 Å². The number of hydrogen-bond donors (Lipinski definition) is 2. The van der Waals surface area contributed by atoms with E-state index >= 15 is 0 Å². The summed E-state index contributed by atoms with van der Waals surface area (Å²) in [4.78, 5) is 0. The summed E-state index contributed by atoms with van der Waals surface area (Å²) >= 11 is 0. The Morgan fingerprint density at radius 2 is 1.26 bits per heavy atom. The minimum absolute atomic E-state index is 0. The van der Waals surface area contributed by atoms with E-state index in [9.17, 15) is 5.11 Å². The van der Waals surface area contributed by atoms with Gasteiger partial charge in [-0.25, -0.2) is 0 Å². The molecule has 0 aliphatic heterocycles. The lowest BCUT2D eigenvalue weighted by molar-refractivity contribution is 0.0218. The molecular formula is C20H26ClNO. The predicted molar refractivity (Wildman–Crippen MR) is 97.7 cm³/mol. The lowest BCUT2D eigenvalue weighted by Gasteiger charge is -2.40. The molecule has 1 fully saturated rings. The minimum Gasteiger partial charge on any atom is -0.379 e. The van der Waals surface area contributed by atoms with Gasteiger partial charge < -0.3 is 10.8 Å². The lowest BCUT2D eigenvalue weighted by Crippen LogP contribution is -2.51. The van der Waals surface area contributed by atoms with Crippen LogP contribution in [0.1, 0.15) is 43.2 Å². The summed E-state index contributed by atoms with van der Waals surface area (Å²) < 4.78 is 0. The van der Waals surface area contributed by atoms with Gasteiger partial charge in [0, 0.05) is 6.04 Å². The first-order valence-corrected chi connectivity index (χ1v) is 8.32. The van der Waals surface area contributed by atoms with E-state index in [0.717, 1.165) is 24.0 Å². The molecule has 0 radical (unpaired) electrons. The van der Waals surface area contributed by atoms with Crippen LogP contribution in [-0.4, -0.2) is 11.1 Å². The summed E-state index contributed by atoms with van der Waals surface area (Å²) in [5.41, 5.74) is 7.30. The van der Waals surface area contributed by atoms with Crippen LogP contribution in [-0.2, 0) is 5.60 Å². The van der Waals surface area contributed by atoms with Gasteiger partial charge in [-0.2, -0.15) is 0 Å². The van der Waals surface area contributed by atoms with Crippen LogP contribution in [0.5, 0.6) is 0 Å². The first kappa shape index (κ1) is 18.0. The molecule has 0 amide bonds. The second-order valence-corrected chi connectivity index (χ2v) is 6.42. The number of nitrogens with two attached hydrogens (primary N) is 1. The maximum atomic E-state index is 11.6. The Balaban J connectivity index is 0.00000192. The van der Waals surface area contributed by atoms with Crippen molar-refractivity contribution in [3.63, 3.8) is 0 Å². The van der Waals surface area contributed by atoms with Crippen LogP contribution >= 0.6 is 12.4 Å². The molecule has 0 aromatic heterocycles. The Hall–Kier alpha value is -1.35. The molecule has 2 nitrogen and oxygen atoms in total. The van der Waals surface area contributed by atoms with Gasteiger partial charge in [0.2, 0.25) is 0 Å². The van der Waals surface area contributed by atoms with Crippen molar-refractivity contribution in [2.24, 2.45) is 11.7 Å². The van der Waals surface area contributed by atoms with Crippen LogP contribution in [0, 0.1) is 5.92 Å². The van der Waals surface area contributed by atoms with Crippen molar-refractivity contribution < 1.29 is 5.11 Å². The third-order valence-corrected chi connectivity index (χ3v) is 5.07. The van der Waals surface area contributed by atoms with Gasteiger partial charge in [-0.1, -0.05) is 79.9 Å². The molecule has 0 bridgehead atoms. The highest BCUT2D eigenvalue weighted by molar-refractivity contribution is 5.85. The van der Waals surface area contributed by atoms with Gasteiger partial charge in [0.05, 0.1) is 0 Å². The first-order valence-electron chi connectivity index (χ1n) is 8.32. The van der Waals surface area contributed by atoms with Crippen LogP contribution < -0.4 is 5.73 Å². The monoisotopic (exact) mass is 331 g/mol. The Labute approximate surface area is 145 Å². The molecule has 124 valence electrons. The minimum atomic E-state index is -1.12. The number of benzene rings is 2. The van der Waals surface area contributed by atoms with E-state index in [-0.39, 0.29) is 18.4 Å². The zero-order chi connectivity index (χ0) is 15.4. The average Bonchev–Trinajstić information content (AvgIpc) is 2.62.